The molecule has 1 nitrogen and oxygen atoms in total. The molecule has 0 unspecified atom stereocenters. The van der Waals surface area contributed by atoms with Crippen molar-refractivity contribution in [3.63, 3.8) is 0 Å². The first-order valence-corrected chi connectivity index (χ1v) is 5.49. The lowest BCUT2D eigenvalue weighted by molar-refractivity contribution is 0.522. The van der Waals surface area contributed by atoms with E-state index in [9.17, 15) is 0 Å². The Labute approximate surface area is 65.7 Å². The van der Waals surface area contributed by atoms with E-state index in [0.717, 1.165) is 0 Å². The molecular formula is C6H13NS2. The second-order valence-corrected chi connectivity index (χ2v) is 4.54. The minimum Gasteiger partial charge on any atom is -0.249 e. The van der Waals surface area contributed by atoms with E-state index in [-0.39, 0.29) is 0 Å². The SMILES string of the molecule is CCSN1CCSCC1. The third-order valence-electron chi connectivity index (χ3n) is 1.28. The molecule has 54 valence electrons. The lowest BCUT2D eigenvalue weighted by Gasteiger charge is -2.23. The number of rotatable bonds is 2. The van der Waals surface area contributed by atoms with Gasteiger partial charge in [-0.05, 0) is 0 Å². The Balaban J connectivity index is 2.08. The molecule has 3 heteroatoms. The van der Waals surface area contributed by atoms with Gasteiger partial charge in [0.25, 0.3) is 0 Å². The average Bonchev–Trinajstić information content (AvgIpc) is 1.91. The Hall–Kier alpha value is 0.660. The van der Waals surface area contributed by atoms with Gasteiger partial charge in [0, 0.05) is 30.3 Å². The van der Waals surface area contributed by atoms with Gasteiger partial charge in [-0.25, -0.2) is 4.31 Å². The van der Waals surface area contributed by atoms with Gasteiger partial charge in [0.2, 0.25) is 0 Å². The van der Waals surface area contributed by atoms with Crippen molar-refractivity contribution in [1.29, 1.82) is 0 Å². The topological polar surface area (TPSA) is 3.24 Å². The van der Waals surface area contributed by atoms with Gasteiger partial charge in [0.15, 0.2) is 0 Å². The molecule has 1 saturated heterocycles. The maximum atomic E-state index is 2.47. The number of hydrogen-bond acceptors (Lipinski definition) is 3. The molecule has 0 aromatic rings. The summed E-state index contributed by atoms with van der Waals surface area (Å²) in [4.78, 5) is 0. The number of nitrogens with zero attached hydrogens (tertiary/aromatic N) is 1. The van der Waals surface area contributed by atoms with Crippen molar-refractivity contribution < 1.29 is 0 Å². The molecule has 1 aliphatic heterocycles. The zero-order valence-electron chi connectivity index (χ0n) is 5.80. The lowest BCUT2D eigenvalue weighted by Crippen LogP contribution is -2.26. The van der Waals surface area contributed by atoms with Gasteiger partial charge in [0.05, 0.1) is 0 Å². The highest BCUT2D eigenvalue weighted by Crippen LogP contribution is 2.16. The molecule has 0 spiro atoms. The van der Waals surface area contributed by atoms with Crippen LogP contribution in [0.5, 0.6) is 0 Å². The predicted octanol–water partition coefficient (Wildman–Crippen LogP) is 1.70. The van der Waals surface area contributed by atoms with Crippen LogP contribution in [0.1, 0.15) is 6.92 Å². The summed E-state index contributed by atoms with van der Waals surface area (Å²) >= 11 is 4.04. The van der Waals surface area contributed by atoms with Gasteiger partial charge in [-0.15, -0.1) is 0 Å². The largest absolute Gasteiger partial charge is 0.249 e. The molecule has 0 N–H and O–H groups in total. The van der Waals surface area contributed by atoms with Crippen molar-refractivity contribution in [2.45, 2.75) is 6.92 Å². The Morgan fingerprint density at radius 1 is 1.44 bits per heavy atom. The molecule has 1 aliphatic rings. The van der Waals surface area contributed by atoms with Crippen LogP contribution in [0.3, 0.4) is 0 Å². The normalized spacial score (nSPS) is 22.3. The van der Waals surface area contributed by atoms with Crippen molar-refractivity contribution in [1.82, 2.24) is 4.31 Å². The highest BCUT2D eigenvalue weighted by molar-refractivity contribution is 8.00. The van der Waals surface area contributed by atoms with Crippen molar-refractivity contribution in [3.8, 4) is 0 Å². The van der Waals surface area contributed by atoms with E-state index in [1.54, 1.807) is 0 Å². The maximum absolute atomic E-state index is 2.47. The molecule has 0 aromatic carbocycles. The van der Waals surface area contributed by atoms with E-state index in [0.29, 0.717) is 0 Å². The molecule has 0 saturated carbocycles. The fourth-order valence-electron chi connectivity index (χ4n) is 0.858. The van der Waals surface area contributed by atoms with Crippen molar-refractivity contribution in [2.24, 2.45) is 0 Å². The monoisotopic (exact) mass is 163 g/mol. The molecule has 1 heterocycles. The predicted molar refractivity (Wildman–Crippen MR) is 47.0 cm³/mol. The Bertz CT molecular complexity index is 68.7. The van der Waals surface area contributed by atoms with E-state index in [1.807, 2.05) is 11.9 Å². The van der Waals surface area contributed by atoms with Gasteiger partial charge in [0.1, 0.15) is 0 Å². The Morgan fingerprint density at radius 2 is 2.11 bits per heavy atom. The molecule has 0 atom stereocenters. The van der Waals surface area contributed by atoms with Crippen LogP contribution in [-0.2, 0) is 0 Å². The quantitative estimate of drug-likeness (QED) is 0.571. The first-order valence-electron chi connectivity index (χ1n) is 3.39. The summed E-state index contributed by atoms with van der Waals surface area (Å²) in [5, 5.41) is 0. The van der Waals surface area contributed by atoms with E-state index < -0.39 is 0 Å². The second kappa shape index (κ2) is 4.47. The Morgan fingerprint density at radius 3 is 2.67 bits per heavy atom. The van der Waals surface area contributed by atoms with E-state index in [2.05, 4.69) is 23.0 Å². The Kier molecular flexibility index (Phi) is 3.86. The molecule has 1 fully saturated rings. The highest BCUT2D eigenvalue weighted by atomic mass is 32.2. The standard InChI is InChI=1S/C6H13NS2/c1-2-9-7-3-5-8-6-4-7/h2-6H2,1H3. The van der Waals surface area contributed by atoms with Gasteiger partial charge < -0.3 is 0 Å². The summed E-state index contributed by atoms with van der Waals surface area (Å²) in [5.41, 5.74) is 0. The fraction of sp³-hybridized carbons (Fsp3) is 1.00. The third kappa shape index (κ3) is 2.83. The maximum Gasteiger partial charge on any atom is 0.0181 e. The number of thioether (sulfide) groups is 1. The molecule has 1 rings (SSSR count). The fourth-order valence-corrected chi connectivity index (χ4v) is 2.80. The van der Waals surface area contributed by atoms with E-state index in [4.69, 9.17) is 0 Å². The minimum absolute atomic E-state index is 1.23. The van der Waals surface area contributed by atoms with Crippen molar-refractivity contribution >= 4 is 23.7 Å². The van der Waals surface area contributed by atoms with Crippen LogP contribution in [0.2, 0.25) is 0 Å². The van der Waals surface area contributed by atoms with Crippen LogP contribution in [0.15, 0.2) is 0 Å². The number of hydrogen-bond donors (Lipinski definition) is 0. The van der Waals surface area contributed by atoms with Crippen LogP contribution < -0.4 is 0 Å². The summed E-state index contributed by atoms with van der Waals surface area (Å²) in [6.07, 6.45) is 0. The van der Waals surface area contributed by atoms with Crippen LogP contribution in [-0.4, -0.2) is 34.7 Å². The second-order valence-electron chi connectivity index (χ2n) is 1.96. The minimum atomic E-state index is 1.23. The van der Waals surface area contributed by atoms with Gasteiger partial charge in [-0.2, -0.15) is 11.8 Å². The van der Waals surface area contributed by atoms with Crippen molar-refractivity contribution in [2.75, 3.05) is 30.3 Å². The van der Waals surface area contributed by atoms with E-state index >= 15 is 0 Å². The third-order valence-corrected chi connectivity index (χ3v) is 3.21. The average molecular weight is 163 g/mol. The van der Waals surface area contributed by atoms with Crippen LogP contribution >= 0.6 is 23.7 Å². The smallest absolute Gasteiger partial charge is 0.0181 e. The molecule has 0 aromatic heterocycles. The molecule has 9 heavy (non-hydrogen) atoms. The summed E-state index contributed by atoms with van der Waals surface area (Å²) in [7, 11) is 0. The lowest BCUT2D eigenvalue weighted by atomic mass is 10.6. The molecular weight excluding hydrogens is 150 g/mol. The van der Waals surface area contributed by atoms with Gasteiger partial charge in [-0.3, -0.25) is 0 Å². The van der Waals surface area contributed by atoms with Gasteiger partial charge >= 0.3 is 0 Å². The first kappa shape index (κ1) is 7.76. The summed E-state index contributed by atoms with van der Waals surface area (Å²) in [6.45, 7) is 4.78. The van der Waals surface area contributed by atoms with Crippen LogP contribution in [0, 0.1) is 0 Å². The van der Waals surface area contributed by atoms with Crippen LogP contribution in [0.4, 0.5) is 0 Å². The first-order chi connectivity index (χ1) is 4.43. The summed E-state index contributed by atoms with van der Waals surface area (Å²) < 4.78 is 2.47. The zero-order valence-corrected chi connectivity index (χ0v) is 7.43. The highest BCUT2D eigenvalue weighted by Gasteiger charge is 2.08. The molecule has 0 bridgehead atoms. The summed E-state index contributed by atoms with van der Waals surface area (Å²) in [6, 6.07) is 0. The van der Waals surface area contributed by atoms with Gasteiger partial charge in [-0.1, -0.05) is 18.9 Å². The van der Waals surface area contributed by atoms with Crippen molar-refractivity contribution in [3.05, 3.63) is 0 Å². The van der Waals surface area contributed by atoms with Crippen LogP contribution in [0.25, 0.3) is 0 Å². The van der Waals surface area contributed by atoms with E-state index in [1.165, 1.54) is 30.3 Å². The summed E-state index contributed by atoms with van der Waals surface area (Å²) in [5.74, 6) is 3.88. The molecule has 0 amide bonds. The molecule has 0 aliphatic carbocycles. The molecule has 0 radical (unpaired) electrons. The zero-order chi connectivity index (χ0) is 6.53.